The van der Waals surface area contributed by atoms with Crippen molar-refractivity contribution in [3.63, 3.8) is 0 Å². The Hall–Kier alpha value is -0.650. The summed E-state index contributed by atoms with van der Waals surface area (Å²) in [5.41, 5.74) is 4.90. The van der Waals surface area contributed by atoms with Crippen molar-refractivity contribution in [3.05, 3.63) is 0 Å². The molecule has 1 aliphatic heterocycles. The van der Waals surface area contributed by atoms with E-state index >= 15 is 0 Å². The van der Waals surface area contributed by atoms with Gasteiger partial charge in [0.1, 0.15) is 0 Å². The molecule has 1 unspecified atom stereocenters. The number of primary amides is 1. The summed E-state index contributed by atoms with van der Waals surface area (Å²) in [4.78, 5) is 13.9. The third kappa shape index (κ3) is 3.67. The molecule has 0 bridgehead atoms. The molecule has 106 valence electrons. The first kappa shape index (κ1) is 15.4. The van der Waals surface area contributed by atoms with E-state index in [9.17, 15) is 4.79 Å². The maximum Gasteiger partial charge on any atom is 0.237 e. The van der Waals surface area contributed by atoms with E-state index in [-0.39, 0.29) is 11.4 Å². The zero-order valence-corrected chi connectivity index (χ0v) is 12.1. The Morgan fingerprint density at radius 2 is 2.22 bits per heavy atom. The molecule has 5 heteroatoms. The lowest BCUT2D eigenvalue weighted by Gasteiger charge is -2.43. The van der Waals surface area contributed by atoms with Crippen LogP contribution in [0.25, 0.3) is 0 Å². The summed E-state index contributed by atoms with van der Waals surface area (Å²) < 4.78 is 5.49. The Bertz CT molecular complexity index is 294. The van der Waals surface area contributed by atoms with Crippen molar-refractivity contribution in [1.29, 1.82) is 0 Å². The molecule has 1 amide bonds. The van der Waals surface area contributed by atoms with Gasteiger partial charge in [0.05, 0.1) is 18.8 Å². The Balaban J connectivity index is 2.59. The number of hydrogen-bond donors (Lipinski definition) is 2. The van der Waals surface area contributed by atoms with Crippen LogP contribution in [0.5, 0.6) is 0 Å². The van der Waals surface area contributed by atoms with Crippen LogP contribution in [0.2, 0.25) is 0 Å². The van der Waals surface area contributed by atoms with Crippen molar-refractivity contribution >= 4 is 5.91 Å². The van der Waals surface area contributed by atoms with E-state index < -0.39 is 5.54 Å². The summed E-state index contributed by atoms with van der Waals surface area (Å²) in [7, 11) is 0. The SMILES string of the molecule is CCNC(C)(CCN1CCOCC1(C)C)C(N)=O. The minimum Gasteiger partial charge on any atom is -0.378 e. The number of hydrogen-bond acceptors (Lipinski definition) is 4. The quantitative estimate of drug-likeness (QED) is 0.720. The minimum atomic E-state index is -0.622. The number of amides is 1. The Labute approximate surface area is 110 Å². The minimum absolute atomic E-state index is 0.0308. The molecular weight excluding hydrogens is 230 g/mol. The second-order valence-corrected chi connectivity index (χ2v) is 5.83. The number of carbonyl (C=O) groups is 1. The molecule has 0 spiro atoms. The van der Waals surface area contributed by atoms with Gasteiger partial charge in [-0.05, 0) is 33.7 Å². The highest BCUT2D eigenvalue weighted by Gasteiger charge is 2.35. The van der Waals surface area contributed by atoms with Crippen LogP contribution in [-0.4, -0.2) is 54.7 Å². The summed E-state index contributed by atoms with van der Waals surface area (Å²) in [6.07, 6.45) is 0.722. The standard InChI is InChI=1S/C13H27N3O2/c1-5-15-13(4,11(14)17)6-7-16-8-9-18-10-12(16,2)3/h15H,5-10H2,1-4H3,(H2,14,17). The number of ether oxygens (including phenoxy) is 1. The van der Waals surface area contributed by atoms with Crippen LogP contribution in [0.3, 0.4) is 0 Å². The van der Waals surface area contributed by atoms with Gasteiger partial charge in [0.2, 0.25) is 5.91 Å². The molecule has 3 N–H and O–H groups in total. The smallest absolute Gasteiger partial charge is 0.237 e. The van der Waals surface area contributed by atoms with E-state index in [1.807, 2.05) is 13.8 Å². The number of carbonyl (C=O) groups excluding carboxylic acids is 1. The van der Waals surface area contributed by atoms with E-state index in [1.54, 1.807) is 0 Å². The van der Waals surface area contributed by atoms with Gasteiger partial charge in [-0.15, -0.1) is 0 Å². The molecule has 0 aromatic heterocycles. The summed E-state index contributed by atoms with van der Waals surface area (Å²) in [6.45, 7) is 12.2. The van der Waals surface area contributed by atoms with Crippen LogP contribution in [0, 0.1) is 0 Å². The molecule has 5 nitrogen and oxygen atoms in total. The van der Waals surface area contributed by atoms with Crippen LogP contribution in [0.4, 0.5) is 0 Å². The first-order valence-corrected chi connectivity index (χ1v) is 6.69. The van der Waals surface area contributed by atoms with Gasteiger partial charge in [0, 0.05) is 18.6 Å². The fourth-order valence-electron chi connectivity index (χ4n) is 2.35. The van der Waals surface area contributed by atoms with Gasteiger partial charge in [0.15, 0.2) is 0 Å². The van der Waals surface area contributed by atoms with E-state index in [0.29, 0.717) is 0 Å². The van der Waals surface area contributed by atoms with Crippen molar-refractivity contribution in [3.8, 4) is 0 Å². The second kappa shape index (κ2) is 5.99. The Morgan fingerprint density at radius 3 is 2.72 bits per heavy atom. The van der Waals surface area contributed by atoms with E-state index in [1.165, 1.54) is 0 Å². The van der Waals surface area contributed by atoms with Crippen LogP contribution in [0.15, 0.2) is 0 Å². The lowest BCUT2D eigenvalue weighted by molar-refractivity contribution is -0.124. The maximum atomic E-state index is 11.6. The Morgan fingerprint density at radius 1 is 1.56 bits per heavy atom. The number of nitrogens with zero attached hydrogens (tertiary/aromatic N) is 1. The predicted molar refractivity (Wildman–Crippen MR) is 72.4 cm³/mol. The molecule has 1 aliphatic rings. The number of likely N-dealkylation sites (N-methyl/N-ethyl adjacent to an activating group) is 1. The number of nitrogens with one attached hydrogen (secondary N) is 1. The molecule has 0 saturated carbocycles. The number of nitrogens with two attached hydrogens (primary N) is 1. The van der Waals surface area contributed by atoms with Crippen LogP contribution >= 0.6 is 0 Å². The molecule has 1 fully saturated rings. The lowest BCUT2D eigenvalue weighted by Crippen LogP contribution is -2.58. The van der Waals surface area contributed by atoms with Crippen molar-refractivity contribution in [2.45, 2.75) is 45.2 Å². The molecule has 1 heterocycles. The zero-order valence-electron chi connectivity index (χ0n) is 12.1. The average Bonchev–Trinajstić information content (AvgIpc) is 2.27. The third-order valence-corrected chi connectivity index (χ3v) is 3.81. The molecule has 0 aliphatic carbocycles. The molecule has 0 aromatic rings. The van der Waals surface area contributed by atoms with E-state index in [4.69, 9.17) is 10.5 Å². The average molecular weight is 257 g/mol. The Kier molecular flexibility index (Phi) is 5.13. The molecule has 1 saturated heterocycles. The summed E-state index contributed by atoms with van der Waals surface area (Å²) in [5.74, 6) is -0.282. The fraction of sp³-hybridized carbons (Fsp3) is 0.923. The van der Waals surface area contributed by atoms with Crippen LogP contribution in [-0.2, 0) is 9.53 Å². The monoisotopic (exact) mass is 257 g/mol. The van der Waals surface area contributed by atoms with Gasteiger partial charge in [-0.3, -0.25) is 9.69 Å². The topological polar surface area (TPSA) is 67.6 Å². The highest BCUT2D eigenvalue weighted by molar-refractivity contribution is 5.84. The van der Waals surface area contributed by atoms with Crippen molar-refractivity contribution < 1.29 is 9.53 Å². The molecular formula is C13H27N3O2. The van der Waals surface area contributed by atoms with E-state index in [2.05, 4.69) is 24.1 Å². The fourth-order valence-corrected chi connectivity index (χ4v) is 2.35. The normalized spacial score (nSPS) is 23.6. The summed E-state index contributed by atoms with van der Waals surface area (Å²) >= 11 is 0. The molecule has 0 radical (unpaired) electrons. The van der Waals surface area contributed by atoms with Gasteiger partial charge in [-0.1, -0.05) is 6.92 Å². The highest BCUT2D eigenvalue weighted by Crippen LogP contribution is 2.21. The maximum absolute atomic E-state index is 11.6. The predicted octanol–water partition coefficient (Wildman–Crippen LogP) is 0.341. The highest BCUT2D eigenvalue weighted by atomic mass is 16.5. The molecule has 18 heavy (non-hydrogen) atoms. The van der Waals surface area contributed by atoms with Crippen LogP contribution in [0.1, 0.15) is 34.1 Å². The zero-order chi connectivity index (χ0) is 13.8. The van der Waals surface area contributed by atoms with Gasteiger partial charge in [-0.25, -0.2) is 0 Å². The van der Waals surface area contributed by atoms with Crippen molar-refractivity contribution in [2.24, 2.45) is 5.73 Å². The third-order valence-electron chi connectivity index (χ3n) is 3.81. The van der Waals surface area contributed by atoms with E-state index in [0.717, 1.165) is 39.3 Å². The lowest BCUT2D eigenvalue weighted by atomic mass is 9.94. The number of morpholine rings is 1. The number of rotatable bonds is 6. The first-order valence-electron chi connectivity index (χ1n) is 6.69. The molecule has 1 rings (SSSR count). The largest absolute Gasteiger partial charge is 0.378 e. The molecule has 0 aromatic carbocycles. The summed E-state index contributed by atoms with van der Waals surface area (Å²) in [5, 5.41) is 3.19. The van der Waals surface area contributed by atoms with Crippen LogP contribution < -0.4 is 11.1 Å². The second-order valence-electron chi connectivity index (χ2n) is 5.83. The van der Waals surface area contributed by atoms with Crippen molar-refractivity contribution in [1.82, 2.24) is 10.2 Å². The van der Waals surface area contributed by atoms with Gasteiger partial charge >= 0.3 is 0 Å². The van der Waals surface area contributed by atoms with Gasteiger partial charge in [0.25, 0.3) is 0 Å². The first-order chi connectivity index (χ1) is 8.32. The van der Waals surface area contributed by atoms with Gasteiger partial charge < -0.3 is 15.8 Å². The van der Waals surface area contributed by atoms with Gasteiger partial charge in [-0.2, -0.15) is 0 Å². The van der Waals surface area contributed by atoms with Crippen molar-refractivity contribution in [2.75, 3.05) is 32.8 Å². The molecule has 1 atom stereocenters. The summed E-state index contributed by atoms with van der Waals surface area (Å²) in [6, 6.07) is 0.